The van der Waals surface area contributed by atoms with E-state index in [9.17, 15) is 0 Å². The average Bonchev–Trinajstić information content (AvgIpc) is 1.93. The lowest BCUT2D eigenvalue weighted by atomic mass is 9.54. The number of allylic oxidation sites excluding steroid dienone is 2. The molecule has 17 heavy (non-hydrogen) atoms. The lowest BCUT2D eigenvalue weighted by Crippen LogP contribution is -2.43. The van der Waals surface area contributed by atoms with Crippen molar-refractivity contribution in [2.45, 2.75) is 68.2 Å². The van der Waals surface area contributed by atoms with E-state index in [2.05, 4.69) is 61.5 Å². The first kappa shape index (κ1) is 14.8. The largest absolute Gasteiger partial charge is 0.0796 e. The first-order chi connectivity index (χ1) is 7.56. The molecule has 0 heterocycles. The molecule has 0 bridgehead atoms. The Kier molecular flexibility index (Phi) is 4.16. The van der Waals surface area contributed by atoms with Crippen LogP contribution < -0.4 is 0 Å². The second-order valence-electron chi connectivity index (χ2n) is 8.06. The Hall–Kier alpha value is -0.260. The van der Waals surface area contributed by atoms with Gasteiger partial charge in [-0.15, -0.1) is 0 Å². The Labute approximate surface area is 109 Å². The maximum absolute atomic E-state index is 2.53. The van der Waals surface area contributed by atoms with E-state index in [0.717, 1.165) is 17.8 Å². The number of hydrogen-bond acceptors (Lipinski definition) is 0. The second kappa shape index (κ2) is 4.78. The summed E-state index contributed by atoms with van der Waals surface area (Å²) in [5.74, 6) is 2.41. The average molecular weight is 236 g/mol. The van der Waals surface area contributed by atoms with Gasteiger partial charge in [0, 0.05) is 0 Å². The van der Waals surface area contributed by atoms with Crippen molar-refractivity contribution in [2.75, 3.05) is 0 Å². The molecule has 0 saturated heterocycles. The van der Waals surface area contributed by atoms with E-state index in [1.165, 1.54) is 12.8 Å². The summed E-state index contributed by atoms with van der Waals surface area (Å²) in [5.41, 5.74) is 2.37. The fourth-order valence-corrected chi connectivity index (χ4v) is 4.99. The van der Waals surface area contributed by atoms with E-state index in [1.54, 1.807) is 5.57 Å². The van der Waals surface area contributed by atoms with Crippen molar-refractivity contribution in [1.82, 2.24) is 0 Å². The molecule has 0 heteroatoms. The van der Waals surface area contributed by atoms with Crippen molar-refractivity contribution >= 4 is 0 Å². The van der Waals surface area contributed by atoms with Crippen molar-refractivity contribution in [2.24, 2.45) is 28.6 Å². The van der Waals surface area contributed by atoms with Crippen LogP contribution in [0.1, 0.15) is 68.2 Å². The van der Waals surface area contributed by atoms with Gasteiger partial charge >= 0.3 is 0 Å². The lowest BCUT2D eigenvalue weighted by molar-refractivity contribution is 0.0336. The summed E-state index contributed by atoms with van der Waals surface area (Å²) in [4.78, 5) is 0. The van der Waals surface area contributed by atoms with Crippen LogP contribution in [0.4, 0.5) is 0 Å². The zero-order valence-corrected chi connectivity index (χ0v) is 13.2. The third-order valence-electron chi connectivity index (χ3n) is 4.41. The molecule has 1 aliphatic rings. The topological polar surface area (TPSA) is 0 Å². The van der Waals surface area contributed by atoms with Gasteiger partial charge in [0.1, 0.15) is 0 Å². The molecule has 0 aromatic carbocycles. The summed E-state index contributed by atoms with van der Waals surface area (Å²) >= 11 is 0. The number of hydrogen-bond donors (Lipinski definition) is 0. The van der Waals surface area contributed by atoms with Gasteiger partial charge in [-0.05, 0) is 48.3 Å². The number of rotatable bonds is 3. The third kappa shape index (κ3) is 3.36. The summed E-state index contributed by atoms with van der Waals surface area (Å²) in [5, 5.41) is 0. The van der Waals surface area contributed by atoms with Crippen LogP contribution in [-0.2, 0) is 0 Å². The summed E-state index contributed by atoms with van der Waals surface area (Å²) in [7, 11) is 0. The van der Waals surface area contributed by atoms with Gasteiger partial charge in [0.25, 0.3) is 0 Å². The first-order valence-electron chi connectivity index (χ1n) is 7.24. The van der Waals surface area contributed by atoms with Crippen molar-refractivity contribution in [3.63, 3.8) is 0 Å². The predicted octanol–water partition coefficient (Wildman–Crippen LogP) is 5.69. The summed E-state index contributed by atoms with van der Waals surface area (Å²) in [6.45, 7) is 19.2. The van der Waals surface area contributed by atoms with Crippen molar-refractivity contribution in [3.8, 4) is 0 Å². The van der Waals surface area contributed by atoms with Crippen molar-refractivity contribution in [1.29, 1.82) is 0 Å². The molecular weight excluding hydrogens is 204 g/mol. The standard InChI is InChI=1S/C17H32/c1-12(2)9-14(4)15-16(5,6)10-13(3)11-17(15,7)8/h10,12,14-15H,9,11H2,1-8H3. The second-order valence-corrected chi connectivity index (χ2v) is 8.06. The van der Waals surface area contributed by atoms with E-state index in [1.807, 2.05) is 0 Å². The van der Waals surface area contributed by atoms with E-state index in [0.29, 0.717) is 10.8 Å². The van der Waals surface area contributed by atoms with E-state index >= 15 is 0 Å². The van der Waals surface area contributed by atoms with Gasteiger partial charge in [-0.2, -0.15) is 0 Å². The van der Waals surface area contributed by atoms with Crippen LogP contribution in [0.2, 0.25) is 0 Å². The van der Waals surface area contributed by atoms with Crippen LogP contribution in [-0.4, -0.2) is 0 Å². The Morgan fingerprint density at radius 2 is 1.71 bits per heavy atom. The Morgan fingerprint density at radius 1 is 1.18 bits per heavy atom. The minimum Gasteiger partial charge on any atom is -0.0796 e. The maximum Gasteiger partial charge on any atom is -0.0136 e. The van der Waals surface area contributed by atoms with Crippen LogP contribution in [0.15, 0.2) is 11.6 Å². The normalized spacial score (nSPS) is 29.0. The third-order valence-corrected chi connectivity index (χ3v) is 4.41. The molecule has 0 amide bonds. The molecule has 0 aromatic heterocycles. The smallest absolute Gasteiger partial charge is 0.0136 e. The van der Waals surface area contributed by atoms with Crippen molar-refractivity contribution < 1.29 is 0 Å². The van der Waals surface area contributed by atoms with Gasteiger partial charge in [-0.25, -0.2) is 0 Å². The first-order valence-corrected chi connectivity index (χ1v) is 7.24. The summed E-state index contributed by atoms with van der Waals surface area (Å²) < 4.78 is 0. The molecule has 1 aliphatic carbocycles. The summed E-state index contributed by atoms with van der Waals surface area (Å²) in [6, 6.07) is 0. The van der Waals surface area contributed by atoms with Gasteiger partial charge in [0.2, 0.25) is 0 Å². The van der Waals surface area contributed by atoms with Gasteiger partial charge in [-0.3, -0.25) is 0 Å². The molecule has 1 rings (SSSR count). The van der Waals surface area contributed by atoms with Crippen LogP contribution in [0.3, 0.4) is 0 Å². The molecule has 2 unspecified atom stereocenters. The molecule has 2 atom stereocenters. The highest BCUT2D eigenvalue weighted by Gasteiger charge is 2.45. The Balaban J connectivity index is 3.01. The molecule has 0 N–H and O–H groups in total. The lowest BCUT2D eigenvalue weighted by Gasteiger charge is -2.51. The van der Waals surface area contributed by atoms with Crippen LogP contribution in [0.25, 0.3) is 0 Å². The van der Waals surface area contributed by atoms with E-state index in [4.69, 9.17) is 0 Å². The molecule has 0 spiro atoms. The molecule has 0 radical (unpaired) electrons. The van der Waals surface area contributed by atoms with Gasteiger partial charge in [0.05, 0.1) is 0 Å². The maximum atomic E-state index is 2.53. The minimum atomic E-state index is 0.347. The SMILES string of the molecule is CC1=CC(C)(C)C(C(C)CC(C)C)C(C)(C)C1. The zero-order chi connectivity index (χ0) is 13.4. The highest BCUT2D eigenvalue weighted by atomic mass is 14.5. The summed E-state index contributed by atoms with van der Waals surface area (Å²) in [6.07, 6.45) is 5.15. The minimum absolute atomic E-state index is 0.347. The van der Waals surface area contributed by atoms with Gasteiger partial charge in [0.15, 0.2) is 0 Å². The van der Waals surface area contributed by atoms with Crippen LogP contribution >= 0.6 is 0 Å². The fourth-order valence-electron chi connectivity index (χ4n) is 4.99. The van der Waals surface area contributed by atoms with E-state index < -0.39 is 0 Å². The quantitative estimate of drug-likeness (QED) is 0.552. The molecule has 100 valence electrons. The highest BCUT2D eigenvalue weighted by Crippen LogP contribution is 2.53. The van der Waals surface area contributed by atoms with Crippen LogP contribution in [0, 0.1) is 28.6 Å². The molecule has 0 aliphatic heterocycles. The van der Waals surface area contributed by atoms with Crippen molar-refractivity contribution in [3.05, 3.63) is 11.6 Å². The monoisotopic (exact) mass is 236 g/mol. The molecule has 0 nitrogen and oxygen atoms in total. The van der Waals surface area contributed by atoms with Crippen LogP contribution in [0.5, 0.6) is 0 Å². The Morgan fingerprint density at radius 3 is 2.12 bits per heavy atom. The van der Waals surface area contributed by atoms with Gasteiger partial charge < -0.3 is 0 Å². The molecule has 0 saturated carbocycles. The zero-order valence-electron chi connectivity index (χ0n) is 13.2. The molecule has 0 aromatic rings. The highest BCUT2D eigenvalue weighted by molar-refractivity contribution is 5.17. The molecular formula is C17H32. The fraction of sp³-hybridized carbons (Fsp3) is 0.882. The molecule has 0 fully saturated rings. The Bertz CT molecular complexity index is 291. The predicted molar refractivity (Wildman–Crippen MR) is 78.0 cm³/mol. The van der Waals surface area contributed by atoms with Gasteiger partial charge in [-0.1, -0.05) is 60.1 Å². The van der Waals surface area contributed by atoms with E-state index in [-0.39, 0.29) is 0 Å².